The van der Waals surface area contributed by atoms with Crippen molar-refractivity contribution < 1.29 is 4.74 Å². The predicted octanol–water partition coefficient (Wildman–Crippen LogP) is 4.71. The number of hydrogen-bond acceptors (Lipinski definition) is 1. The van der Waals surface area contributed by atoms with Crippen LogP contribution in [0.4, 0.5) is 0 Å². The average Bonchev–Trinajstić information content (AvgIpc) is 2.74. The highest BCUT2D eigenvalue weighted by Gasteiger charge is 2.24. The van der Waals surface area contributed by atoms with Crippen molar-refractivity contribution in [2.24, 2.45) is 0 Å². The Morgan fingerprint density at radius 1 is 1.06 bits per heavy atom. The fourth-order valence-electron chi connectivity index (χ4n) is 2.62. The molecule has 0 aromatic heterocycles. The van der Waals surface area contributed by atoms with Gasteiger partial charge in [0.15, 0.2) is 0 Å². The third-order valence-corrected chi connectivity index (χ3v) is 4.02. The summed E-state index contributed by atoms with van der Waals surface area (Å²) in [6, 6.07) is 12.5. The molecule has 6 bridgehead atoms. The van der Waals surface area contributed by atoms with Crippen molar-refractivity contribution in [3.8, 4) is 11.5 Å². The topological polar surface area (TPSA) is 9.23 Å². The summed E-state index contributed by atoms with van der Waals surface area (Å²) in [6.45, 7) is 0. The molecule has 0 spiro atoms. The number of rotatable bonds is 0. The molecule has 2 aliphatic heterocycles. The van der Waals surface area contributed by atoms with E-state index in [1.807, 2.05) is 6.07 Å². The van der Waals surface area contributed by atoms with Crippen LogP contribution in [-0.4, -0.2) is 0 Å². The minimum absolute atomic E-state index is 0.343. The van der Waals surface area contributed by atoms with Gasteiger partial charge in [-0.25, -0.2) is 0 Å². The summed E-state index contributed by atoms with van der Waals surface area (Å²) in [5, 5.41) is 0. The van der Waals surface area contributed by atoms with Crippen LogP contribution in [0.1, 0.15) is 22.6 Å². The van der Waals surface area contributed by atoms with E-state index in [1.165, 1.54) is 16.7 Å². The molecule has 2 heterocycles. The number of benzene rings is 2. The molecule has 2 aromatic rings. The van der Waals surface area contributed by atoms with Gasteiger partial charge < -0.3 is 4.74 Å². The van der Waals surface area contributed by atoms with Crippen molar-refractivity contribution in [3.05, 3.63) is 63.6 Å². The van der Waals surface area contributed by atoms with Crippen LogP contribution >= 0.6 is 15.9 Å². The third-order valence-electron chi connectivity index (χ3n) is 3.37. The smallest absolute Gasteiger partial charge is 0.129 e. The summed E-state index contributed by atoms with van der Waals surface area (Å²) in [7, 11) is 0. The van der Waals surface area contributed by atoms with Crippen molar-refractivity contribution in [2.45, 2.75) is 5.92 Å². The molecule has 17 heavy (non-hydrogen) atoms. The molecule has 2 heteroatoms. The molecule has 0 saturated heterocycles. The van der Waals surface area contributed by atoms with E-state index in [9.17, 15) is 0 Å². The van der Waals surface area contributed by atoms with Gasteiger partial charge in [0.1, 0.15) is 11.5 Å². The average molecular weight is 285 g/mol. The number of fused-ring (bicyclic) bond motifs is 1. The first-order valence-electron chi connectivity index (χ1n) is 5.61. The molecular weight excluding hydrogens is 276 g/mol. The lowest BCUT2D eigenvalue weighted by atomic mass is 9.93. The Kier molecular flexibility index (Phi) is 1.80. The molecule has 0 saturated carbocycles. The molecule has 0 amide bonds. The lowest BCUT2D eigenvalue weighted by molar-refractivity contribution is 0.482. The molecular formula is C15H9BrO. The standard InChI is InChI=1S/C15H9BrO/c16-14-8-12-7-10-4-5-13(15(10)14)9-2-1-3-11(6-9)17-12/h1-8,13H. The molecule has 0 radical (unpaired) electrons. The van der Waals surface area contributed by atoms with Crippen molar-refractivity contribution in [2.75, 3.05) is 0 Å². The lowest BCUT2D eigenvalue weighted by Crippen LogP contribution is -1.95. The highest BCUT2D eigenvalue weighted by molar-refractivity contribution is 9.10. The monoisotopic (exact) mass is 284 g/mol. The minimum Gasteiger partial charge on any atom is -0.457 e. The first-order chi connectivity index (χ1) is 8.31. The van der Waals surface area contributed by atoms with Gasteiger partial charge >= 0.3 is 0 Å². The molecule has 1 nitrogen and oxygen atoms in total. The van der Waals surface area contributed by atoms with E-state index in [0.29, 0.717) is 5.92 Å². The molecule has 82 valence electrons. The predicted molar refractivity (Wildman–Crippen MR) is 71.5 cm³/mol. The summed E-state index contributed by atoms with van der Waals surface area (Å²) in [5.41, 5.74) is 3.88. The van der Waals surface area contributed by atoms with Crippen LogP contribution < -0.4 is 4.74 Å². The SMILES string of the molecule is Brc1cc2cc3c1C(C=C3)c1cccc(c1)O2. The van der Waals surface area contributed by atoms with Gasteiger partial charge in [0.2, 0.25) is 0 Å². The van der Waals surface area contributed by atoms with Crippen molar-refractivity contribution in [3.63, 3.8) is 0 Å². The van der Waals surface area contributed by atoms with E-state index in [2.05, 4.69) is 58.4 Å². The Balaban J connectivity index is 2.11. The second-order valence-corrected chi connectivity index (χ2v) is 5.27. The zero-order valence-electron chi connectivity index (χ0n) is 8.98. The summed E-state index contributed by atoms with van der Waals surface area (Å²) in [6.07, 6.45) is 4.43. The van der Waals surface area contributed by atoms with E-state index in [-0.39, 0.29) is 0 Å². The molecule has 0 N–H and O–H groups in total. The first kappa shape index (κ1) is 9.49. The fraction of sp³-hybridized carbons (Fsp3) is 0.0667. The van der Waals surface area contributed by atoms with Crippen LogP contribution in [0, 0.1) is 0 Å². The van der Waals surface area contributed by atoms with Gasteiger partial charge in [0.05, 0.1) is 0 Å². The van der Waals surface area contributed by atoms with Crippen molar-refractivity contribution in [1.29, 1.82) is 0 Å². The largest absolute Gasteiger partial charge is 0.457 e. The van der Waals surface area contributed by atoms with Gasteiger partial charge in [-0.05, 0) is 41.0 Å². The third kappa shape index (κ3) is 1.31. The second-order valence-electron chi connectivity index (χ2n) is 4.42. The van der Waals surface area contributed by atoms with E-state index in [0.717, 1.165) is 16.0 Å². The second kappa shape index (κ2) is 3.23. The molecule has 5 rings (SSSR count). The summed E-state index contributed by atoms with van der Waals surface area (Å²) in [4.78, 5) is 0. The molecule has 2 aromatic carbocycles. The van der Waals surface area contributed by atoms with Gasteiger partial charge in [0.25, 0.3) is 0 Å². The van der Waals surface area contributed by atoms with Crippen LogP contribution in [0.5, 0.6) is 11.5 Å². The van der Waals surface area contributed by atoms with Gasteiger partial charge in [-0.3, -0.25) is 0 Å². The highest BCUT2D eigenvalue weighted by Crippen LogP contribution is 2.44. The van der Waals surface area contributed by atoms with E-state index in [4.69, 9.17) is 4.74 Å². The van der Waals surface area contributed by atoms with E-state index < -0.39 is 0 Å². The number of hydrogen-bond donors (Lipinski definition) is 0. The Bertz CT molecular complexity index is 658. The van der Waals surface area contributed by atoms with Crippen LogP contribution in [0.15, 0.2) is 46.9 Å². The maximum atomic E-state index is 5.87. The molecule has 0 fully saturated rings. The van der Waals surface area contributed by atoms with Gasteiger partial charge in [0, 0.05) is 10.4 Å². The molecule has 3 aliphatic rings. The molecule has 1 unspecified atom stereocenters. The molecule has 1 aliphatic carbocycles. The minimum atomic E-state index is 0.343. The maximum Gasteiger partial charge on any atom is 0.129 e. The summed E-state index contributed by atoms with van der Waals surface area (Å²) >= 11 is 3.65. The Morgan fingerprint density at radius 3 is 2.94 bits per heavy atom. The summed E-state index contributed by atoms with van der Waals surface area (Å²) in [5.74, 6) is 2.14. The number of ether oxygens (including phenoxy) is 1. The highest BCUT2D eigenvalue weighted by atomic mass is 79.9. The quantitative estimate of drug-likeness (QED) is 0.681. The van der Waals surface area contributed by atoms with Crippen LogP contribution in [0.25, 0.3) is 6.08 Å². The van der Waals surface area contributed by atoms with Gasteiger partial charge in [-0.1, -0.05) is 40.2 Å². The zero-order valence-corrected chi connectivity index (χ0v) is 10.6. The Morgan fingerprint density at radius 2 is 2.00 bits per heavy atom. The maximum absolute atomic E-state index is 5.87. The van der Waals surface area contributed by atoms with Crippen LogP contribution in [0.3, 0.4) is 0 Å². The summed E-state index contributed by atoms with van der Waals surface area (Å²) < 4.78 is 7.00. The van der Waals surface area contributed by atoms with Crippen LogP contribution in [-0.2, 0) is 0 Å². The van der Waals surface area contributed by atoms with Crippen LogP contribution in [0.2, 0.25) is 0 Å². The molecule has 1 atom stereocenters. The van der Waals surface area contributed by atoms with E-state index >= 15 is 0 Å². The van der Waals surface area contributed by atoms with Gasteiger partial charge in [-0.2, -0.15) is 0 Å². The fourth-order valence-corrected chi connectivity index (χ4v) is 3.32. The number of allylic oxidation sites excluding steroid dienone is 1. The van der Waals surface area contributed by atoms with Gasteiger partial charge in [-0.15, -0.1) is 0 Å². The lowest BCUT2D eigenvalue weighted by Gasteiger charge is -2.12. The Hall–Kier alpha value is -1.54. The van der Waals surface area contributed by atoms with Crippen molar-refractivity contribution >= 4 is 22.0 Å². The van der Waals surface area contributed by atoms with E-state index in [1.54, 1.807) is 0 Å². The Labute approximate surface area is 108 Å². The number of halogens is 1. The first-order valence-corrected chi connectivity index (χ1v) is 6.40. The van der Waals surface area contributed by atoms with Crippen molar-refractivity contribution in [1.82, 2.24) is 0 Å². The normalized spacial score (nSPS) is 18.5. The zero-order chi connectivity index (χ0) is 11.4.